The van der Waals surface area contributed by atoms with Crippen LogP contribution in [0.25, 0.3) is 0 Å². The van der Waals surface area contributed by atoms with Crippen LogP contribution in [0.5, 0.6) is 0 Å². The molecule has 0 radical (unpaired) electrons. The normalized spacial score (nSPS) is 12.6. The van der Waals surface area contributed by atoms with Crippen LogP contribution in [0.4, 0.5) is 0 Å². The number of hydrogen-bond acceptors (Lipinski definition) is 2. The molecule has 0 saturated carbocycles. The largest absolute Gasteiger partial charge is 0.323 e. The Morgan fingerprint density at radius 1 is 0.793 bits per heavy atom. The Bertz CT molecular complexity index is 927. The second-order valence-electron chi connectivity index (χ2n) is 7.41. The molecule has 0 aliphatic rings. The second kappa shape index (κ2) is 8.46. The summed E-state index contributed by atoms with van der Waals surface area (Å²) in [5.41, 5.74) is 10.4. The Labute approximate surface area is 172 Å². The van der Waals surface area contributed by atoms with Gasteiger partial charge in [0.15, 0.2) is 0 Å². The average Bonchev–Trinajstić information content (AvgIpc) is 3.27. The first-order valence-corrected chi connectivity index (χ1v) is 10.2. The lowest BCUT2D eigenvalue weighted by atomic mass is 9.77. The molecule has 146 valence electrons. The van der Waals surface area contributed by atoms with E-state index < -0.39 is 5.54 Å². The molecule has 0 spiro atoms. The van der Waals surface area contributed by atoms with E-state index in [9.17, 15) is 0 Å². The van der Waals surface area contributed by atoms with E-state index in [1.165, 1.54) is 16.7 Å². The average molecular weight is 382 g/mol. The zero-order valence-electron chi connectivity index (χ0n) is 16.8. The Kier molecular flexibility index (Phi) is 5.59. The summed E-state index contributed by atoms with van der Waals surface area (Å²) in [4.78, 5) is 4.72. The first-order valence-electron chi connectivity index (χ1n) is 10.2. The van der Waals surface area contributed by atoms with Crippen LogP contribution in [0.15, 0.2) is 104 Å². The van der Waals surface area contributed by atoms with Crippen molar-refractivity contribution < 1.29 is 0 Å². The molecule has 1 heterocycles. The SMILES string of the molecule is CCCC(N)c1cn(C(c2ccccc2)(c2ccccc2)c2ccccc2)cn1. The summed E-state index contributed by atoms with van der Waals surface area (Å²) < 4.78 is 2.22. The maximum absolute atomic E-state index is 6.40. The first-order chi connectivity index (χ1) is 14.3. The predicted octanol–water partition coefficient (Wildman–Crippen LogP) is 5.52. The van der Waals surface area contributed by atoms with Crippen molar-refractivity contribution >= 4 is 0 Å². The molecule has 3 nitrogen and oxygen atoms in total. The number of benzene rings is 3. The fraction of sp³-hybridized carbons (Fsp3) is 0.192. The summed E-state index contributed by atoms with van der Waals surface area (Å²) in [7, 11) is 0. The van der Waals surface area contributed by atoms with Gasteiger partial charge >= 0.3 is 0 Å². The van der Waals surface area contributed by atoms with E-state index in [-0.39, 0.29) is 6.04 Å². The van der Waals surface area contributed by atoms with Crippen LogP contribution in [0, 0.1) is 0 Å². The van der Waals surface area contributed by atoms with Crippen molar-refractivity contribution in [2.45, 2.75) is 31.3 Å². The molecule has 2 N–H and O–H groups in total. The van der Waals surface area contributed by atoms with Crippen LogP contribution in [0.2, 0.25) is 0 Å². The third-order valence-corrected chi connectivity index (χ3v) is 5.54. The molecule has 1 atom stereocenters. The Hall–Kier alpha value is -3.17. The van der Waals surface area contributed by atoms with Gasteiger partial charge in [-0.1, -0.05) is 104 Å². The summed E-state index contributed by atoms with van der Waals surface area (Å²) in [6.07, 6.45) is 6.01. The summed E-state index contributed by atoms with van der Waals surface area (Å²) in [6.45, 7) is 2.15. The van der Waals surface area contributed by atoms with Gasteiger partial charge in [0.25, 0.3) is 0 Å². The number of rotatable bonds is 7. The molecule has 3 aromatic carbocycles. The molecule has 1 aromatic heterocycles. The van der Waals surface area contributed by atoms with Gasteiger partial charge in [-0.25, -0.2) is 4.98 Å². The van der Waals surface area contributed by atoms with Crippen molar-refractivity contribution in [3.63, 3.8) is 0 Å². The van der Waals surface area contributed by atoms with Crippen LogP contribution in [-0.2, 0) is 5.54 Å². The summed E-state index contributed by atoms with van der Waals surface area (Å²) >= 11 is 0. The zero-order valence-corrected chi connectivity index (χ0v) is 16.8. The van der Waals surface area contributed by atoms with Crippen molar-refractivity contribution in [1.82, 2.24) is 9.55 Å². The van der Waals surface area contributed by atoms with E-state index >= 15 is 0 Å². The Morgan fingerprint density at radius 2 is 1.24 bits per heavy atom. The summed E-state index contributed by atoms with van der Waals surface area (Å²) in [5, 5.41) is 0. The topological polar surface area (TPSA) is 43.8 Å². The van der Waals surface area contributed by atoms with Crippen molar-refractivity contribution in [2.24, 2.45) is 5.73 Å². The van der Waals surface area contributed by atoms with Gasteiger partial charge in [0.05, 0.1) is 12.0 Å². The number of hydrogen-bond donors (Lipinski definition) is 1. The Morgan fingerprint density at radius 3 is 1.66 bits per heavy atom. The predicted molar refractivity (Wildman–Crippen MR) is 119 cm³/mol. The maximum atomic E-state index is 6.40. The number of nitrogens with two attached hydrogens (primary N) is 1. The monoisotopic (exact) mass is 381 g/mol. The lowest BCUT2D eigenvalue weighted by Gasteiger charge is -2.37. The molecule has 3 heteroatoms. The summed E-state index contributed by atoms with van der Waals surface area (Å²) in [6, 6.07) is 31.8. The molecular weight excluding hydrogens is 354 g/mol. The van der Waals surface area contributed by atoms with E-state index in [0.717, 1.165) is 18.5 Å². The summed E-state index contributed by atoms with van der Waals surface area (Å²) in [5.74, 6) is 0. The molecule has 0 saturated heterocycles. The van der Waals surface area contributed by atoms with Gasteiger partial charge < -0.3 is 10.3 Å². The number of nitrogens with zero attached hydrogens (tertiary/aromatic N) is 2. The van der Waals surface area contributed by atoms with E-state index in [1.54, 1.807) is 0 Å². The number of aromatic nitrogens is 2. The highest BCUT2D eigenvalue weighted by atomic mass is 15.1. The minimum absolute atomic E-state index is 0.0544. The van der Waals surface area contributed by atoms with Crippen LogP contribution < -0.4 is 5.73 Å². The van der Waals surface area contributed by atoms with Crippen molar-refractivity contribution in [3.05, 3.63) is 126 Å². The molecule has 0 bridgehead atoms. The third-order valence-electron chi connectivity index (χ3n) is 5.54. The highest BCUT2D eigenvalue weighted by molar-refractivity contribution is 5.50. The fourth-order valence-corrected chi connectivity index (χ4v) is 4.16. The standard InChI is InChI=1S/C26H27N3/c1-2-12-24(27)25-19-29(20-28-25)26(21-13-6-3-7-14-21,22-15-8-4-9-16-22)23-17-10-5-11-18-23/h3-11,13-20,24H,2,12,27H2,1H3. The van der Waals surface area contributed by atoms with Crippen LogP contribution in [0.1, 0.15) is 48.2 Å². The molecule has 4 rings (SSSR count). The van der Waals surface area contributed by atoms with E-state index in [0.29, 0.717) is 0 Å². The van der Waals surface area contributed by atoms with Gasteiger partial charge in [-0.15, -0.1) is 0 Å². The maximum Gasteiger partial charge on any atom is 0.121 e. The lowest BCUT2D eigenvalue weighted by molar-refractivity contribution is 0.513. The van der Waals surface area contributed by atoms with E-state index in [2.05, 4.69) is 109 Å². The lowest BCUT2D eigenvalue weighted by Crippen LogP contribution is -2.37. The van der Waals surface area contributed by atoms with Gasteiger partial charge in [-0.2, -0.15) is 0 Å². The van der Waals surface area contributed by atoms with Crippen LogP contribution in [-0.4, -0.2) is 9.55 Å². The molecule has 0 aliphatic carbocycles. The molecule has 1 unspecified atom stereocenters. The van der Waals surface area contributed by atoms with Gasteiger partial charge in [0.1, 0.15) is 5.54 Å². The highest BCUT2D eigenvalue weighted by Crippen LogP contribution is 2.41. The molecule has 29 heavy (non-hydrogen) atoms. The van der Waals surface area contributed by atoms with Gasteiger partial charge in [0, 0.05) is 12.2 Å². The minimum Gasteiger partial charge on any atom is -0.323 e. The molecular formula is C26H27N3. The molecule has 0 amide bonds. The zero-order chi connectivity index (χ0) is 20.1. The van der Waals surface area contributed by atoms with Crippen LogP contribution >= 0.6 is 0 Å². The van der Waals surface area contributed by atoms with E-state index in [4.69, 9.17) is 10.7 Å². The smallest absolute Gasteiger partial charge is 0.121 e. The van der Waals surface area contributed by atoms with Crippen molar-refractivity contribution in [3.8, 4) is 0 Å². The van der Waals surface area contributed by atoms with Crippen LogP contribution in [0.3, 0.4) is 0 Å². The van der Waals surface area contributed by atoms with Gasteiger partial charge in [0.2, 0.25) is 0 Å². The fourth-order valence-electron chi connectivity index (χ4n) is 4.16. The third kappa shape index (κ3) is 3.50. The highest BCUT2D eigenvalue weighted by Gasteiger charge is 2.38. The van der Waals surface area contributed by atoms with Crippen molar-refractivity contribution in [1.29, 1.82) is 0 Å². The Balaban J connectivity index is 2.01. The van der Waals surface area contributed by atoms with Crippen molar-refractivity contribution in [2.75, 3.05) is 0 Å². The first kappa shape index (κ1) is 19.2. The number of imidazole rings is 1. The minimum atomic E-state index is -0.527. The van der Waals surface area contributed by atoms with Gasteiger partial charge in [-0.05, 0) is 23.1 Å². The molecule has 0 fully saturated rings. The second-order valence-corrected chi connectivity index (χ2v) is 7.41. The quantitative estimate of drug-likeness (QED) is 0.428. The van der Waals surface area contributed by atoms with E-state index in [1.807, 2.05) is 6.33 Å². The molecule has 0 aliphatic heterocycles. The van der Waals surface area contributed by atoms with Gasteiger partial charge in [-0.3, -0.25) is 0 Å². The molecule has 4 aromatic rings.